The second-order valence-electron chi connectivity index (χ2n) is 6.15. The lowest BCUT2D eigenvalue weighted by Crippen LogP contribution is -2.58. The van der Waals surface area contributed by atoms with E-state index in [4.69, 9.17) is 16.6 Å². The molecule has 0 radical (unpaired) electrons. The highest BCUT2D eigenvalue weighted by Gasteiger charge is 2.30. The molecule has 0 rings (SSSR count). The van der Waals surface area contributed by atoms with Crippen LogP contribution in [0.4, 0.5) is 0 Å². The molecule has 0 aliphatic heterocycles. The number of thiol groups is 1. The van der Waals surface area contributed by atoms with Gasteiger partial charge in [-0.2, -0.15) is 12.6 Å². The van der Waals surface area contributed by atoms with Crippen molar-refractivity contribution in [3.8, 4) is 0 Å². The van der Waals surface area contributed by atoms with Crippen molar-refractivity contribution in [1.82, 2.24) is 16.0 Å². The fourth-order valence-electron chi connectivity index (χ4n) is 1.95. The molecule has 12 nitrogen and oxygen atoms in total. The number of aliphatic hydroxyl groups is 1. The van der Waals surface area contributed by atoms with Crippen molar-refractivity contribution in [2.75, 3.05) is 5.75 Å². The van der Waals surface area contributed by atoms with Crippen LogP contribution in [0, 0.1) is 0 Å². The van der Waals surface area contributed by atoms with Gasteiger partial charge in [-0.05, 0) is 20.3 Å². The second-order valence-corrected chi connectivity index (χ2v) is 6.52. The zero-order valence-electron chi connectivity index (χ0n) is 15.5. The van der Waals surface area contributed by atoms with E-state index in [1.807, 2.05) is 0 Å². The lowest BCUT2D eigenvalue weighted by atomic mass is 10.1. The van der Waals surface area contributed by atoms with E-state index in [1.54, 1.807) is 0 Å². The van der Waals surface area contributed by atoms with E-state index in [2.05, 4.69) is 28.6 Å². The Morgan fingerprint density at radius 3 is 2.00 bits per heavy atom. The number of carboxylic acid groups (broad SMARTS) is 1. The summed E-state index contributed by atoms with van der Waals surface area (Å²) in [6.45, 7) is 2.53. The molecular weight excluding hydrogens is 394 g/mol. The van der Waals surface area contributed by atoms with Crippen LogP contribution in [0.25, 0.3) is 0 Å². The molecule has 28 heavy (non-hydrogen) atoms. The maximum atomic E-state index is 12.2. The molecule has 0 fully saturated rings. The third-order valence-electron chi connectivity index (χ3n) is 3.65. The summed E-state index contributed by atoms with van der Waals surface area (Å²) in [5, 5.41) is 25.1. The van der Waals surface area contributed by atoms with Crippen LogP contribution in [-0.2, 0) is 24.0 Å². The molecular formula is C15H27N5O7S. The average molecular weight is 421 g/mol. The lowest BCUT2D eigenvalue weighted by Gasteiger charge is -2.23. The minimum atomic E-state index is -1.56. The summed E-state index contributed by atoms with van der Waals surface area (Å²) in [5.74, 6) is -4.52. The van der Waals surface area contributed by atoms with Gasteiger partial charge in [-0.15, -0.1) is 0 Å². The van der Waals surface area contributed by atoms with E-state index >= 15 is 0 Å². The third-order valence-corrected chi connectivity index (χ3v) is 4.02. The van der Waals surface area contributed by atoms with E-state index in [9.17, 15) is 29.1 Å². The fraction of sp³-hybridized carbons (Fsp3) is 0.667. The van der Waals surface area contributed by atoms with Crippen LogP contribution in [0.5, 0.6) is 0 Å². The van der Waals surface area contributed by atoms with Crippen molar-refractivity contribution in [2.24, 2.45) is 11.5 Å². The summed E-state index contributed by atoms with van der Waals surface area (Å²) in [6.07, 6.45) is -1.45. The Hall–Kier alpha value is -2.38. The molecule has 0 bridgehead atoms. The smallest absolute Gasteiger partial charge is 0.328 e. The Labute approximate surface area is 167 Å². The maximum Gasteiger partial charge on any atom is 0.328 e. The van der Waals surface area contributed by atoms with E-state index in [0.717, 1.165) is 0 Å². The number of hydrogen-bond donors (Lipinski definition) is 8. The number of nitrogens with two attached hydrogens (primary N) is 2. The number of rotatable bonds is 12. The third kappa shape index (κ3) is 9.01. The molecule has 0 aromatic rings. The molecule has 0 aromatic heterocycles. The summed E-state index contributed by atoms with van der Waals surface area (Å²) < 4.78 is 0. The van der Waals surface area contributed by atoms with Crippen LogP contribution in [0.1, 0.15) is 26.7 Å². The highest BCUT2D eigenvalue weighted by Crippen LogP contribution is 1.99. The van der Waals surface area contributed by atoms with Gasteiger partial charge in [0.1, 0.15) is 12.1 Å². The Balaban J connectivity index is 4.77. The SMILES string of the molecule is CC(NC(=O)C(N)CCC(N)=O)C(=O)NC(CS)C(=O)NC(C(=O)O)C(C)O. The number of aliphatic carboxylic acids is 1. The number of nitrogens with one attached hydrogen (secondary N) is 3. The average Bonchev–Trinajstić information content (AvgIpc) is 2.60. The number of carbonyl (C=O) groups excluding carboxylic acids is 4. The van der Waals surface area contributed by atoms with Gasteiger partial charge < -0.3 is 37.6 Å². The summed E-state index contributed by atoms with van der Waals surface area (Å²) in [4.78, 5) is 57.9. The zero-order chi connectivity index (χ0) is 22.0. The van der Waals surface area contributed by atoms with E-state index in [0.29, 0.717) is 0 Å². The monoisotopic (exact) mass is 421 g/mol. The van der Waals surface area contributed by atoms with Crippen LogP contribution >= 0.6 is 12.6 Å². The molecule has 0 aromatic carbocycles. The normalized spacial score (nSPS) is 16.0. The summed E-state index contributed by atoms with van der Waals surface area (Å²) in [5.41, 5.74) is 10.6. The van der Waals surface area contributed by atoms with Gasteiger partial charge in [0.2, 0.25) is 23.6 Å². The summed E-state index contributed by atoms with van der Waals surface area (Å²) in [7, 11) is 0. The van der Waals surface area contributed by atoms with Crippen molar-refractivity contribution >= 4 is 42.2 Å². The molecule has 13 heteroatoms. The highest BCUT2D eigenvalue weighted by atomic mass is 32.1. The summed E-state index contributed by atoms with van der Waals surface area (Å²) >= 11 is 3.94. The molecule has 0 saturated carbocycles. The van der Waals surface area contributed by atoms with Gasteiger partial charge in [0.25, 0.3) is 0 Å². The van der Waals surface area contributed by atoms with Crippen LogP contribution in [0.3, 0.4) is 0 Å². The van der Waals surface area contributed by atoms with Crippen LogP contribution in [0.2, 0.25) is 0 Å². The van der Waals surface area contributed by atoms with Gasteiger partial charge in [0.05, 0.1) is 12.1 Å². The molecule has 0 aliphatic rings. The highest BCUT2D eigenvalue weighted by molar-refractivity contribution is 7.80. The number of hydrogen-bond acceptors (Lipinski definition) is 8. The molecule has 0 heterocycles. The Bertz CT molecular complexity index is 601. The molecule has 0 aliphatic carbocycles. The Morgan fingerprint density at radius 2 is 1.57 bits per heavy atom. The van der Waals surface area contributed by atoms with Crippen LogP contribution < -0.4 is 27.4 Å². The van der Waals surface area contributed by atoms with Gasteiger partial charge in [-0.25, -0.2) is 4.79 Å². The first kappa shape index (κ1) is 25.6. The molecule has 9 N–H and O–H groups in total. The van der Waals surface area contributed by atoms with Crippen molar-refractivity contribution in [1.29, 1.82) is 0 Å². The largest absolute Gasteiger partial charge is 0.480 e. The standard InChI is InChI=1S/C15H27N5O7S/c1-6(18-13(24)8(16)3-4-10(17)22)12(23)19-9(5-28)14(25)20-11(7(2)21)15(26)27/h6-9,11,21,28H,3-5,16H2,1-2H3,(H2,17,22)(H,18,24)(H,19,23)(H,20,25)(H,26,27). The van der Waals surface area contributed by atoms with Gasteiger partial charge in [0.15, 0.2) is 6.04 Å². The topological polar surface area (TPSA) is 214 Å². The molecule has 0 spiro atoms. The van der Waals surface area contributed by atoms with Crippen LogP contribution in [-0.4, -0.2) is 75.8 Å². The van der Waals surface area contributed by atoms with Crippen LogP contribution in [0.15, 0.2) is 0 Å². The number of carbonyl (C=O) groups is 5. The Morgan fingerprint density at radius 1 is 1.00 bits per heavy atom. The van der Waals surface area contributed by atoms with E-state index < -0.39 is 59.9 Å². The van der Waals surface area contributed by atoms with Gasteiger partial charge in [-0.3, -0.25) is 19.2 Å². The fourth-order valence-corrected chi connectivity index (χ4v) is 2.21. The molecule has 5 unspecified atom stereocenters. The zero-order valence-corrected chi connectivity index (χ0v) is 16.4. The minimum Gasteiger partial charge on any atom is -0.480 e. The number of amides is 4. The molecule has 5 atom stereocenters. The van der Waals surface area contributed by atoms with Crippen molar-refractivity contribution in [2.45, 2.75) is 57.0 Å². The lowest BCUT2D eigenvalue weighted by molar-refractivity contribution is -0.145. The second kappa shape index (κ2) is 12.2. The quantitative estimate of drug-likeness (QED) is 0.147. The summed E-state index contributed by atoms with van der Waals surface area (Å²) in [6, 6.07) is -4.89. The minimum absolute atomic E-state index is 0.00704. The maximum absolute atomic E-state index is 12.2. The first-order chi connectivity index (χ1) is 12.9. The van der Waals surface area contributed by atoms with E-state index in [-0.39, 0.29) is 18.6 Å². The van der Waals surface area contributed by atoms with Crippen molar-refractivity contribution in [3.63, 3.8) is 0 Å². The first-order valence-electron chi connectivity index (χ1n) is 8.37. The Kier molecular flexibility index (Phi) is 11.1. The first-order valence-corrected chi connectivity index (χ1v) is 9.00. The van der Waals surface area contributed by atoms with Crippen molar-refractivity contribution < 1.29 is 34.2 Å². The molecule has 4 amide bonds. The number of primary amides is 1. The van der Waals surface area contributed by atoms with Gasteiger partial charge in [-0.1, -0.05) is 0 Å². The molecule has 160 valence electrons. The van der Waals surface area contributed by atoms with E-state index in [1.165, 1.54) is 13.8 Å². The van der Waals surface area contributed by atoms with Gasteiger partial charge in [0, 0.05) is 12.2 Å². The van der Waals surface area contributed by atoms with Crippen molar-refractivity contribution in [3.05, 3.63) is 0 Å². The number of carboxylic acids is 1. The number of aliphatic hydroxyl groups excluding tert-OH is 1. The molecule has 0 saturated heterocycles. The predicted molar refractivity (Wildman–Crippen MR) is 101 cm³/mol. The van der Waals surface area contributed by atoms with Gasteiger partial charge >= 0.3 is 5.97 Å². The predicted octanol–water partition coefficient (Wildman–Crippen LogP) is -3.55.